The molecule has 2 heterocycles. The number of nitrogens with zero attached hydrogens (tertiary/aromatic N) is 3. The molecule has 7 heteroatoms. The highest BCUT2D eigenvalue weighted by Gasteiger charge is 2.13. The zero-order valence-corrected chi connectivity index (χ0v) is 14.8. The Balaban J connectivity index is 1.95. The normalized spacial score (nSPS) is 11.1. The fraction of sp³-hybridized carbons (Fsp3) is 0.0556. The van der Waals surface area contributed by atoms with Crippen LogP contribution in [-0.4, -0.2) is 25.4 Å². The third kappa shape index (κ3) is 2.83. The Morgan fingerprint density at radius 1 is 1.20 bits per heavy atom. The minimum absolute atomic E-state index is 0.195. The van der Waals surface area contributed by atoms with E-state index in [0.717, 1.165) is 26.9 Å². The van der Waals surface area contributed by atoms with E-state index in [-0.39, 0.29) is 5.56 Å². The van der Waals surface area contributed by atoms with Crippen molar-refractivity contribution in [3.05, 3.63) is 64.4 Å². The molecular weight excluding hydrogens is 384 g/mol. The summed E-state index contributed by atoms with van der Waals surface area (Å²) in [6.45, 7) is 1.91. The highest BCUT2D eigenvalue weighted by molar-refractivity contribution is 9.10. The molecule has 0 aliphatic carbocycles. The van der Waals surface area contributed by atoms with Crippen LogP contribution in [0.25, 0.3) is 16.6 Å². The second-order valence-corrected chi connectivity index (χ2v) is 6.60. The Bertz CT molecular complexity index is 1140. The van der Waals surface area contributed by atoms with Crippen molar-refractivity contribution >= 4 is 50.1 Å². The van der Waals surface area contributed by atoms with Gasteiger partial charge in [0.1, 0.15) is 5.65 Å². The smallest absolute Gasteiger partial charge is 0.335 e. The van der Waals surface area contributed by atoms with Crippen molar-refractivity contribution < 1.29 is 9.90 Å². The third-order valence-electron chi connectivity index (χ3n) is 3.85. The van der Waals surface area contributed by atoms with E-state index in [4.69, 9.17) is 0 Å². The van der Waals surface area contributed by atoms with Gasteiger partial charge < -0.3 is 10.4 Å². The number of nitrogens with one attached hydrogen (secondary N) is 1. The molecule has 6 nitrogen and oxygen atoms in total. The summed E-state index contributed by atoms with van der Waals surface area (Å²) < 4.78 is 2.82. The zero-order valence-electron chi connectivity index (χ0n) is 13.2. The molecule has 0 fully saturated rings. The summed E-state index contributed by atoms with van der Waals surface area (Å²) >= 11 is 3.45. The molecule has 0 aliphatic heterocycles. The van der Waals surface area contributed by atoms with Crippen molar-refractivity contribution in [2.24, 2.45) is 0 Å². The summed E-state index contributed by atoms with van der Waals surface area (Å²) in [5.74, 6) is -0.409. The number of hydrogen-bond acceptors (Lipinski definition) is 4. The van der Waals surface area contributed by atoms with Crippen molar-refractivity contribution in [1.82, 2.24) is 14.4 Å². The van der Waals surface area contributed by atoms with Gasteiger partial charge in [-0.1, -0.05) is 22.0 Å². The van der Waals surface area contributed by atoms with Crippen LogP contribution in [0.5, 0.6) is 0 Å². The van der Waals surface area contributed by atoms with Crippen LogP contribution in [0, 0.1) is 6.92 Å². The predicted octanol–water partition coefficient (Wildman–Crippen LogP) is 4.40. The number of carboxylic acid groups (broad SMARTS) is 1. The molecule has 0 spiro atoms. The number of imidazole rings is 1. The number of rotatable bonds is 3. The van der Waals surface area contributed by atoms with Crippen LogP contribution in [0.4, 0.5) is 11.6 Å². The average molecular weight is 397 g/mol. The van der Waals surface area contributed by atoms with Gasteiger partial charge in [0.25, 0.3) is 0 Å². The van der Waals surface area contributed by atoms with Crippen molar-refractivity contribution in [2.75, 3.05) is 5.32 Å². The minimum atomic E-state index is -0.982. The average Bonchev–Trinajstić information content (AvgIpc) is 2.96. The van der Waals surface area contributed by atoms with Crippen LogP contribution < -0.4 is 5.32 Å². The summed E-state index contributed by atoms with van der Waals surface area (Å²) in [7, 11) is 0. The van der Waals surface area contributed by atoms with E-state index in [1.807, 2.05) is 41.8 Å². The van der Waals surface area contributed by atoms with E-state index in [2.05, 4.69) is 31.2 Å². The number of carbonyl (C=O) groups is 1. The van der Waals surface area contributed by atoms with Gasteiger partial charge in [-0.2, -0.15) is 0 Å². The first-order chi connectivity index (χ1) is 12.0. The number of hydrogen-bond donors (Lipinski definition) is 2. The quantitative estimate of drug-likeness (QED) is 0.536. The first-order valence-electron chi connectivity index (χ1n) is 7.56. The molecule has 2 aromatic carbocycles. The Morgan fingerprint density at radius 2 is 2.04 bits per heavy atom. The largest absolute Gasteiger partial charge is 0.478 e. The van der Waals surface area contributed by atoms with Crippen LogP contribution in [0.1, 0.15) is 16.1 Å². The molecule has 0 aliphatic rings. The lowest BCUT2D eigenvalue weighted by Gasteiger charge is -2.10. The summed E-state index contributed by atoms with van der Waals surface area (Å²) in [6.07, 6.45) is 1.90. The van der Waals surface area contributed by atoms with Crippen LogP contribution in [0.15, 0.2) is 53.1 Å². The Kier molecular flexibility index (Phi) is 3.65. The van der Waals surface area contributed by atoms with E-state index in [0.29, 0.717) is 11.5 Å². The molecule has 4 rings (SSSR count). The lowest BCUT2D eigenvalue weighted by molar-refractivity contribution is 0.0697. The zero-order chi connectivity index (χ0) is 17.6. The third-order valence-corrected chi connectivity index (χ3v) is 4.34. The Morgan fingerprint density at radius 3 is 2.80 bits per heavy atom. The van der Waals surface area contributed by atoms with Gasteiger partial charge in [-0.15, -0.1) is 0 Å². The summed E-state index contributed by atoms with van der Waals surface area (Å²) in [6, 6.07) is 12.6. The SMILES string of the molecule is Cc1cn2c(Nc3cccc(Br)c3)nc3cc(C(=O)O)ccc3c2n1. The van der Waals surface area contributed by atoms with E-state index >= 15 is 0 Å². The van der Waals surface area contributed by atoms with Gasteiger partial charge in [-0.3, -0.25) is 4.40 Å². The maximum atomic E-state index is 11.3. The second-order valence-electron chi connectivity index (χ2n) is 5.68. The molecule has 0 bridgehead atoms. The summed E-state index contributed by atoms with van der Waals surface area (Å²) in [5.41, 5.74) is 3.23. The van der Waals surface area contributed by atoms with Gasteiger partial charge in [-0.25, -0.2) is 14.8 Å². The molecule has 2 N–H and O–H groups in total. The lowest BCUT2D eigenvalue weighted by Crippen LogP contribution is -2.03. The molecule has 0 atom stereocenters. The van der Waals surface area contributed by atoms with Gasteiger partial charge in [0.15, 0.2) is 0 Å². The fourth-order valence-corrected chi connectivity index (χ4v) is 3.15. The number of aromatic carboxylic acids is 1. The molecule has 4 aromatic rings. The maximum Gasteiger partial charge on any atom is 0.335 e. The van der Waals surface area contributed by atoms with Crippen molar-refractivity contribution in [1.29, 1.82) is 0 Å². The van der Waals surface area contributed by atoms with Crippen molar-refractivity contribution in [2.45, 2.75) is 6.92 Å². The molecule has 0 saturated heterocycles. The van der Waals surface area contributed by atoms with Gasteiger partial charge in [-0.05, 0) is 43.3 Å². The number of fused-ring (bicyclic) bond motifs is 3. The first kappa shape index (κ1) is 15.6. The van der Waals surface area contributed by atoms with Crippen molar-refractivity contribution in [3.8, 4) is 0 Å². The standard InChI is InChI=1S/C18H13BrN4O2/c1-10-9-23-16(20-10)14-6-5-11(17(24)25)7-15(14)22-18(23)21-13-4-2-3-12(19)8-13/h2-9H,1H3,(H,21,22)(H,24,25). The Hall–Kier alpha value is -2.93. The fourth-order valence-electron chi connectivity index (χ4n) is 2.75. The second kappa shape index (κ2) is 5.86. The molecule has 2 aromatic heterocycles. The molecular formula is C18H13BrN4O2. The molecule has 0 saturated carbocycles. The van der Waals surface area contributed by atoms with E-state index < -0.39 is 5.97 Å². The van der Waals surface area contributed by atoms with E-state index in [1.54, 1.807) is 18.2 Å². The van der Waals surface area contributed by atoms with Crippen LogP contribution in [0.3, 0.4) is 0 Å². The van der Waals surface area contributed by atoms with Gasteiger partial charge in [0, 0.05) is 21.7 Å². The van der Waals surface area contributed by atoms with E-state index in [1.165, 1.54) is 0 Å². The van der Waals surface area contributed by atoms with Gasteiger partial charge in [0.2, 0.25) is 5.95 Å². The first-order valence-corrected chi connectivity index (χ1v) is 8.36. The lowest BCUT2D eigenvalue weighted by atomic mass is 10.1. The summed E-state index contributed by atoms with van der Waals surface area (Å²) in [4.78, 5) is 20.4. The molecule has 25 heavy (non-hydrogen) atoms. The van der Waals surface area contributed by atoms with Gasteiger partial charge in [0.05, 0.1) is 16.8 Å². The number of carboxylic acids is 1. The Labute approximate surface area is 151 Å². The number of aromatic nitrogens is 3. The topological polar surface area (TPSA) is 79.5 Å². The predicted molar refractivity (Wildman–Crippen MR) is 99.6 cm³/mol. The molecule has 0 radical (unpaired) electrons. The number of aryl methyl sites for hydroxylation is 1. The maximum absolute atomic E-state index is 11.3. The van der Waals surface area contributed by atoms with Crippen LogP contribution in [0.2, 0.25) is 0 Å². The van der Waals surface area contributed by atoms with E-state index in [9.17, 15) is 9.90 Å². The van der Waals surface area contributed by atoms with Crippen molar-refractivity contribution in [3.63, 3.8) is 0 Å². The number of anilines is 2. The number of halogens is 1. The van der Waals surface area contributed by atoms with Crippen LogP contribution in [-0.2, 0) is 0 Å². The molecule has 0 unspecified atom stereocenters. The highest BCUT2D eigenvalue weighted by atomic mass is 79.9. The molecule has 0 amide bonds. The highest BCUT2D eigenvalue weighted by Crippen LogP contribution is 2.26. The van der Waals surface area contributed by atoms with Gasteiger partial charge >= 0.3 is 5.97 Å². The van der Waals surface area contributed by atoms with Crippen LogP contribution >= 0.6 is 15.9 Å². The monoisotopic (exact) mass is 396 g/mol. The molecule has 124 valence electrons. The number of benzene rings is 2. The summed E-state index contributed by atoms with van der Waals surface area (Å²) in [5, 5.41) is 13.3. The minimum Gasteiger partial charge on any atom is -0.478 e.